The van der Waals surface area contributed by atoms with Gasteiger partial charge in [-0.25, -0.2) is 0 Å². The number of carbonyl (C=O) groups excluding carboxylic acids is 1. The maximum Gasteiger partial charge on any atom is 0.260 e. The molecule has 0 aliphatic rings. The van der Waals surface area contributed by atoms with Gasteiger partial charge in [0.2, 0.25) is 5.88 Å². The Bertz CT molecular complexity index is 1300. The van der Waals surface area contributed by atoms with E-state index in [-0.39, 0.29) is 12.5 Å². The number of fused-ring (bicyclic) bond motifs is 1. The van der Waals surface area contributed by atoms with Crippen LogP contribution in [0.5, 0.6) is 17.4 Å². The summed E-state index contributed by atoms with van der Waals surface area (Å²) in [5.41, 5.74) is 3.64. The third-order valence-electron chi connectivity index (χ3n) is 5.40. The average molecular weight is 462 g/mol. The third kappa shape index (κ3) is 5.09. The van der Waals surface area contributed by atoms with Crippen LogP contribution in [0.1, 0.15) is 18.1 Å². The molecule has 0 saturated carbocycles. The summed E-state index contributed by atoms with van der Waals surface area (Å²) in [5.74, 6) is 2.05. The molecule has 0 radical (unpaired) electrons. The summed E-state index contributed by atoms with van der Waals surface area (Å²) in [7, 11) is 1.60. The molecule has 0 bridgehead atoms. The van der Waals surface area contributed by atoms with E-state index in [1.54, 1.807) is 30.7 Å². The van der Waals surface area contributed by atoms with E-state index in [0.717, 1.165) is 11.1 Å². The standard InChI is InChI=1S/C25H27N5O4/c1-16-9-10-19(15-17(16)2)34-18(3)25(31)26-13-14-33-23-12-11-22-27-28-24(30(22)29-23)20-7-5-6-8-21(20)32-4/h5-12,15,18H,13-14H2,1-4H3,(H,26,31). The monoisotopic (exact) mass is 461 g/mol. The van der Waals surface area contributed by atoms with E-state index in [2.05, 4.69) is 20.6 Å². The lowest BCUT2D eigenvalue weighted by Gasteiger charge is -2.15. The van der Waals surface area contributed by atoms with Gasteiger partial charge in [-0.3, -0.25) is 4.79 Å². The number of aryl methyl sites for hydroxylation is 2. The number of carbonyl (C=O) groups is 1. The second-order valence-corrected chi connectivity index (χ2v) is 7.81. The lowest BCUT2D eigenvalue weighted by Crippen LogP contribution is -2.38. The first-order valence-electron chi connectivity index (χ1n) is 11.0. The molecule has 0 saturated heterocycles. The summed E-state index contributed by atoms with van der Waals surface area (Å²) in [6.45, 7) is 6.30. The minimum atomic E-state index is -0.628. The first kappa shape index (κ1) is 23.0. The predicted octanol–water partition coefficient (Wildman–Crippen LogP) is 3.38. The van der Waals surface area contributed by atoms with Gasteiger partial charge < -0.3 is 19.5 Å². The Morgan fingerprint density at radius 3 is 2.68 bits per heavy atom. The van der Waals surface area contributed by atoms with Gasteiger partial charge in [-0.05, 0) is 62.2 Å². The normalized spacial score (nSPS) is 11.8. The van der Waals surface area contributed by atoms with Crippen molar-refractivity contribution >= 4 is 11.6 Å². The van der Waals surface area contributed by atoms with Crippen LogP contribution in [0.15, 0.2) is 54.6 Å². The first-order valence-corrected chi connectivity index (χ1v) is 11.0. The van der Waals surface area contributed by atoms with Gasteiger partial charge in [0.15, 0.2) is 17.6 Å². The van der Waals surface area contributed by atoms with E-state index < -0.39 is 6.10 Å². The van der Waals surface area contributed by atoms with Gasteiger partial charge in [0.1, 0.15) is 18.1 Å². The molecule has 0 aliphatic heterocycles. The zero-order chi connectivity index (χ0) is 24.1. The molecule has 1 unspecified atom stereocenters. The summed E-state index contributed by atoms with van der Waals surface area (Å²) in [6.07, 6.45) is -0.628. The topological polar surface area (TPSA) is 99.9 Å². The number of aromatic nitrogens is 4. The minimum Gasteiger partial charge on any atom is -0.496 e. The van der Waals surface area contributed by atoms with E-state index in [1.165, 1.54) is 5.56 Å². The lowest BCUT2D eigenvalue weighted by molar-refractivity contribution is -0.127. The number of nitrogens with zero attached hydrogens (tertiary/aromatic N) is 4. The maximum absolute atomic E-state index is 12.4. The molecule has 2 heterocycles. The number of para-hydroxylation sites is 1. The summed E-state index contributed by atoms with van der Waals surface area (Å²) in [6, 6.07) is 16.8. The summed E-state index contributed by atoms with van der Waals surface area (Å²) >= 11 is 0. The number of hydrogen-bond acceptors (Lipinski definition) is 7. The predicted molar refractivity (Wildman–Crippen MR) is 127 cm³/mol. The van der Waals surface area contributed by atoms with Crippen LogP contribution >= 0.6 is 0 Å². The first-order chi connectivity index (χ1) is 16.5. The summed E-state index contributed by atoms with van der Waals surface area (Å²) < 4.78 is 18.5. The van der Waals surface area contributed by atoms with Crippen molar-refractivity contribution in [2.45, 2.75) is 26.9 Å². The second kappa shape index (κ2) is 10.2. The van der Waals surface area contributed by atoms with Crippen LogP contribution in [0.25, 0.3) is 17.0 Å². The van der Waals surface area contributed by atoms with E-state index in [1.807, 2.05) is 56.3 Å². The van der Waals surface area contributed by atoms with Crippen LogP contribution < -0.4 is 19.5 Å². The van der Waals surface area contributed by atoms with E-state index in [9.17, 15) is 4.79 Å². The molecular weight excluding hydrogens is 434 g/mol. The van der Waals surface area contributed by atoms with Gasteiger partial charge in [-0.15, -0.1) is 15.3 Å². The molecule has 2 aromatic carbocycles. The van der Waals surface area contributed by atoms with Gasteiger partial charge >= 0.3 is 0 Å². The summed E-state index contributed by atoms with van der Waals surface area (Å²) in [4.78, 5) is 12.4. The van der Waals surface area contributed by atoms with E-state index in [0.29, 0.717) is 35.4 Å². The smallest absolute Gasteiger partial charge is 0.260 e. The minimum absolute atomic E-state index is 0.220. The van der Waals surface area contributed by atoms with Crippen LogP contribution in [0.3, 0.4) is 0 Å². The Morgan fingerprint density at radius 1 is 1.06 bits per heavy atom. The second-order valence-electron chi connectivity index (χ2n) is 7.81. The Hall–Kier alpha value is -4.14. The van der Waals surface area contributed by atoms with Crippen LogP contribution in [-0.4, -0.2) is 52.1 Å². The number of ether oxygens (including phenoxy) is 3. The van der Waals surface area contributed by atoms with Crippen LogP contribution in [-0.2, 0) is 4.79 Å². The quantitative estimate of drug-likeness (QED) is 0.382. The van der Waals surface area contributed by atoms with Crippen molar-refractivity contribution in [1.29, 1.82) is 0 Å². The fourth-order valence-electron chi connectivity index (χ4n) is 3.36. The number of methoxy groups -OCH3 is 1. The number of benzene rings is 2. The van der Waals surface area contributed by atoms with Crippen molar-refractivity contribution < 1.29 is 19.0 Å². The highest BCUT2D eigenvalue weighted by molar-refractivity contribution is 5.80. The molecule has 0 aliphatic carbocycles. The van der Waals surface area contributed by atoms with Gasteiger partial charge in [-0.1, -0.05) is 18.2 Å². The number of rotatable bonds is 9. The molecule has 1 amide bonds. The molecule has 4 rings (SSSR count). The number of hydrogen-bond donors (Lipinski definition) is 1. The van der Waals surface area contributed by atoms with Gasteiger partial charge in [0.25, 0.3) is 5.91 Å². The Morgan fingerprint density at radius 2 is 1.88 bits per heavy atom. The number of nitrogens with one attached hydrogen (secondary N) is 1. The third-order valence-corrected chi connectivity index (χ3v) is 5.40. The Balaban J connectivity index is 1.34. The lowest BCUT2D eigenvalue weighted by atomic mass is 10.1. The highest BCUT2D eigenvalue weighted by Gasteiger charge is 2.16. The van der Waals surface area contributed by atoms with Crippen molar-refractivity contribution in [3.63, 3.8) is 0 Å². The molecule has 9 nitrogen and oxygen atoms in total. The largest absolute Gasteiger partial charge is 0.496 e. The fourth-order valence-corrected chi connectivity index (χ4v) is 3.36. The molecule has 1 atom stereocenters. The maximum atomic E-state index is 12.4. The van der Waals surface area contributed by atoms with Gasteiger partial charge in [0.05, 0.1) is 19.2 Å². The molecule has 2 aromatic heterocycles. The van der Waals surface area contributed by atoms with Crippen molar-refractivity contribution in [3.05, 3.63) is 65.7 Å². The molecular formula is C25H27N5O4. The molecule has 0 spiro atoms. The highest BCUT2D eigenvalue weighted by Crippen LogP contribution is 2.28. The van der Waals surface area contributed by atoms with E-state index >= 15 is 0 Å². The highest BCUT2D eigenvalue weighted by atomic mass is 16.5. The SMILES string of the molecule is COc1ccccc1-c1nnc2ccc(OCCNC(=O)C(C)Oc3ccc(C)c(C)c3)nn12. The van der Waals surface area contributed by atoms with Crippen molar-refractivity contribution in [3.8, 4) is 28.8 Å². The summed E-state index contributed by atoms with van der Waals surface area (Å²) in [5, 5.41) is 15.7. The van der Waals surface area contributed by atoms with Crippen LogP contribution in [0.2, 0.25) is 0 Å². The molecule has 176 valence electrons. The van der Waals surface area contributed by atoms with Crippen LogP contribution in [0, 0.1) is 13.8 Å². The van der Waals surface area contributed by atoms with Crippen molar-refractivity contribution in [2.24, 2.45) is 0 Å². The zero-order valence-electron chi connectivity index (χ0n) is 19.6. The molecule has 1 N–H and O–H groups in total. The number of amides is 1. The Kier molecular flexibility index (Phi) is 6.91. The van der Waals surface area contributed by atoms with Gasteiger partial charge in [0, 0.05) is 6.07 Å². The molecule has 9 heteroatoms. The van der Waals surface area contributed by atoms with Crippen molar-refractivity contribution in [2.75, 3.05) is 20.3 Å². The fraction of sp³-hybridized carbons (Fsp3) is 0.280. The average Bonchev–Trinajstić information content (AvgIpc) is 3.27. The zero-order valence-corrected chi connectivity index (χ0v) is 19.6. The Labute approximate surface area is 197 Å². The molecule has 4 aromatic rings. The van der Waals surface area contributed by atoms with Crippen molar-refractivity contribution in [1.82, 2.24) is 25.1 Å². The van der Waals surface area contributed by atoms with Crippen LogP contribution in [0.4, 0.5) is 0 Å². The van der Waals surface area contributed by atoms with E-state index in [4.69, 9.17) is 14.2 Å². The molecule has 34 heavy (non-hydrogen) atoms. The molecule has 0 fully saturated rings. The van der Waals surface area contributed by atoms with Gasteiger partial charge in [-0.2, -0.15) is 4.52 Å².